The van der Waals surface area contributed by atoms with Crippen molar-refractivity contribution in [1.29, 1.82) is 0 Å². The zero-order valence-corrected chi connectivity index (χ0v) is 14.9. The Labute approximate surface area is 154 Å². The van der Waals surface area contributed by atoms with Crippen molar-refractivity contribution in [2.75, 3.05) is 7.11 Å². The molecular weight excluding hydrogens is 368 g/mol. The van der Waals surface area contributed by atoms with E-state index >= 15 is 0 Å². The fraction of sp³-hybridized carbons (Fsp3) is 0.222. The van der Waals surface area contributed by atoms with Crippen LogP contribution in [0.15, 0.2) is 42.5 Å². The standard InChI is InChI=1S/C18H16Cl2FNO3/c1-25-18(24)16(10-13-14(19)6-3-7-15(13)20)22-17(23)9-11-4-2-5-12(21)8-11/h2-8,16H,9-10H2,1H3,(H,22,23)/t16-/m1/s1. The van der Waals surface area contributed by atoms with Crippen LogP contribution in [0.25, 0.3) is 0 Å². The van der Waals surface area contributed by atoms with Crippen molar-refractivity contribution in [3.8, 4) is 0 Å². The molecule has 0 radical (unpaired) electrons. The number of hydrogen-bond acceptors (Lipinski definition) is 3. The fourth-order valence-corrected chi connectivity index (χ4v) is 2.90. The number of halogens is 3. The molecule has 1 atom stereocenters. The Morgan fingerprint density at radius 3 is 2.40 bits per heavy atom. The van der Waals surface area contributed by atoms with Gasteiger partial charge in [0.2, 0.25) is 5.91 Å². The van der Waals surface area contributed by atoms with Gasteiger partial charge in [-0.1, -0.05) is 41.4 Å². The summed E-state index contributed by atoms with van der Waals surface area (Å²) in [5, 5.41) is 3.36. The van der Waals surface area contributed by atoms with Gasteiger partial charge >= 0.3 is 5.97 Å². The van der Waals surface area contributed by atoms with Gasteiger partial charge in [0.25, 0.3) is 0 Å². The summed E-state index contributed by atoms with van der Waals surface area (Å²) in [5.74, 6) is -1.49. The maximum atomic E-state index is 13.2. The number of rotatable bonds is 6. The zero-order valence-electron chi connectivity index (χ0n) is 13.4. The van der Waals surface area contributed by atoms with E-state index in [2.05, 4.69) is 5.32 Å². The Kier molecular flexibility index (Phi) is 6.79. The number of nitrogens with one attached hydrogen (secondary N) is 1. The minimum atomic E-state index is -0.955. The molecular formula is C18H16Cl2FNO3. The highest BCUT2D eigenvalue weighted by Gasteiger charge is 2.24. The van der Waals surface area contributed by atoms with Gasteiger partial charge in [-0.2, -0.15) is 0 Å². The molecule has 0 unspecified atom stereocenters. The molecule has 2 aromatic carbocycles. The average molecular weight is 384 g/mol. The number of amides is 1. The van der Waals surface area contributed by atoms with E-state index in [0.29, 0.717) is 21.2 Å². The van der Waals surface area contributed by atoms with Crippen molar-refractivity contribution in [3.63, 3.8) is 0 Å². The number of hydrogen-bond donors (Lipinski definition) is 1. The van der Waals surface area contributed by atoms with Crippen LogP contribution in [0.5, 0.6) is 0 Å². The summed E-state index contributed by atoms with van der Waals surface area (Å²) in [5.41, 5.74) is 1.03. The number of ether oxygens (including phenoxy) is 1. The summed E-state index contributed by atoms with van der Waals surface area (Å²) in [6, 6.07) is 9.71. The third-order valence-electron chi connectivity index (χ3n) is 3.54. The van der Waals surface area contributed by atoms with Crippen molar-refractivity contribution >= 4 is 35.1 Å². The molecule has 0 heterocycles. The number of esters is 1. The second kappa shape index (κ2) is 8.83. The van der Waals surface area contributed by atoms with E-state index in [1.807, 2.05) is 0 Å². The number of benzene rings is 2. The first-order valence-corrected chi connectivity index (χ1v) is 8.21. The van der Waals surface area contributed by atoms with Gasteiger partial charge in [-0.05, 0) is 35.4 Å². The molecule has 0 fully saturated rings. The van der Waals surface area contributed by atoms with Gasteiger partial charge in [0.15, 0.2) is 0 Å². The maximum absolute atomic E-state index is 13.2. The number of methoxy groups -OCH3 is 1. The predicted octanol–water partition coefficient (Wildman–Crippen LogP) is 3.58. The van der Waals surface area contributed by atoms with Crippen LogP contribution in [0, 0.1) is 5.82 Å². The lowest BCUT2D eigenvalue weighted by Gasteiger charge is -2.18. The highest BCUT2D eigenvalue weighted by atomic mass is 35.5. The fourth-order valence-electron chi connectivity index (χ4n) is 2.34. The zero-order chi connectivity index (χ0) is 18.4. The average Bonchev–Trinajstić information content (AvgIpc) is 2.56. The molecule has 2 aromatic rings. The van der Waals surface area contributed by atoms with E-state index in [4.69, 9.17) is 27.9 Å². The third kappa shape index (κ3) is 5.44. The summed E-state index contributed by atoms with van der Waals surface area (Å²) in [6.07, 6.45) is 0.0155. The van der Waals surface area contributed by atoms with E-state index in [0.717, 1.165) is 0 Å². The van der Waals surface area contributed by atoms with E-state index in [9.17, 15) is 14.0 Å². The minimum absolute atomic E-state index is 0.0679. The molecule has 0 aliphatic heterocycles. The van der Waals surface area contributed by atoms with Crippen molar-refractivity contribution in [2.45, 2.75) is 18.9 Å². The van der Waals surface area contributed by atoms with Crippen molar-refractivity contribution < 1.29 is 18.7 Å². The quantitative estimate of drug-likeness (QED) is 0.775. The molecule has 0 aromatic heterocycles. The Hall–Kier alpha value is -2.11. The van der Waals surface area contributed by atoms with Crippen LogP contribution in [0.4, 0.5) is 4.39 Å². The van der Waals surface area contributed by atoms with E-state index in [1.165, 1.54) is 25.3 Å². The molecule has 0 saturated carbocycles. The second-order valence-electron chi connectivity index (χ2n) is 5.35. The number of carbonyl (C=O) groups is 2. The van der Waals surface area contributed by atoms with Gasteiger partial charge in [-0.15, -0.1) is 0 Å². The van der Waals surface area contributed by atoms with E-state index in [1.54, 1.807) is 24.3 Å². The highest BCUT2D eigenvalue weighted by molar-refractivity contribution is 6.36. The van der Waals surface area contributed by atoms with Gasteiger partial charge in [0.1, 0.15) is 11.9 Å². The highest BCUT2D eigenvalue weighted by Crippen LogP contribution is 2.25. The molecule has 1 N–H and O–H groups in total. The first-order chi connectivity index (χ1) is 11.9. The molecule has 25 heavy (non-hydrogen) atoms. The molecule has 0 bridgehead atoms. The SMILES string of the molecule is COC(=O)[C@@H](Cc1c(Cl)cccc1Cl)NC(=O)Cc1cccc(F)c1. The molecule has 7 heteroatoms. The van der Waals surface area contributed by atoms with E-state index < -0.39 is 23.7 Å². The van der Waals surface area contributed by atoms with Gasteiger partial charge in [0.05, 0.1) is 13.5 Å². The van der Waals surface area contributed by atoms with Gasteiger partial charge in [-0.3, -0.25) is 4.79 Å². The molecule has 0 saturated heterocycles. The second-order valence-corrected chi connectivity index (χ2v) is 6.17. The minimum Gasteiger partial charge on any atom is -0.467 e. The Bertz CT molecular complexity index is 762. The largest absolute Gasteiger partial charge is 0.467 e. The third-order valence-corrected chi connectivity index (χ3v) is 4.25. The van der Waals surface area contributed by atoms with Crippen molar-refractivity contribution in [1.82, 2.24) is 5.32 Å². The topological polar surface area (TPSA) is 55.4 Å². The van der Waals surface area contributed by atoms with Gasteiger partial charge in [-0.25, -0.2) is 9.18 Å². The molecule has 2 rings (SSSR count). The summed E-state index contributed by atoms with van der Waals surface area (Å²) < 4.78 is 17.9. The lowest BCUT2D eigenvalue weighted by Crippen LogP contribution is -2.43. The molecule has 4 nitrogen and oxygen atoms in total. The van der Waals surface area contributed by atoms with Crippen LogP contribution in [-0.2, 0) is 27.2 Å². The predicted molar refractivity (Wildman–Crippen MR) is 94.2 cm³/mol. The smallest absolute Gasteiger partial charge is 0.328 e. The molecule has 0 spiro atoms. The van der Waals surface area contributed by atoms with Crippen molar-refractivity contribution in [3.05, 3.63) is 69.5 Å². The molecule has 132 valence electrons. The number of carbonyl (C=O) groups excluding carboxylic acids is 2. The van der Waals surface area contributed by atoms with Crippen LogP contribution in [0.2, 0.25) is 10.0 Å². The van der Waals surface area contributed by atoms with Crippen LogP contribution in [-0.4, -0.2) is 25.0 Å². The lowest BCUT2D eigenvalue weighted by atomic mass is 10.0. The van der Waals surface area contributed by atoms with Crippen LogP contribution in [0.1, 0.15) is 11.1 Å². The summed E-state index contributed by atoms with van der Waals surface area (Å²) in [4.78, 5) is 24.2. The normalized spacial score (nSPS) is 11.7. The molecule has 0 aliphatic rings. The molecule has 0 aliphatic carbocycles. The van der Waals surface area contributed by atoms with Crippen LogP contribution < -0.4 is 5.32 Å². The van der Waals surface area contributed by atoms with Crippen molar-refractivity contribution in [2.24, 2.45) is 0 Å². The Morgan fingerprint density at radius 1 is 1.16 bits per heavy atom. The summed E-state index contributed by atoms with van der Waals surface area (Å²) in [6.45, 7) is 0. The van der Waals surface area contributed by atoms with Crippen LogP contribution >= 0.6 is 23.2 Å². The molecule has 1 amide bonds. The lowest BCUT2D eigenvalue weighted by molar-refractivity contribution is -0.145. The Morgan fingerprint density at radius 2 is 1.80 bits per heavy atom. The first kappa shape index (κ1) is 19.2. The first-order valence-electron chi connectivity index (χ1n) is 7.45. The van der Waals surface area contributed by atoms with Gasteiger partial charge in [0, 0.05) is 16.5 Å². The van der Waals surface area contributed by atoms with Gasteiger partial charge < -0.3 is 10.1 Å². The monoisotopic (exact) mass is 383 g/mol. The summed E-state index contributed by atoms with van der Waals surface area (Å²) >= 11 is 12.2. The summed E-state index contributed by atoms with van der Waals surface area (Å²) in [7, 11) is 1.22. The van der Waals surface area contributed by atoms with Crippen LogP contribution in [0.3, 0.4) is 0 Å². The van der Waals surface area contributed by atoms with E-state index in [-0.39, 0.29) is 12.8 Å². The Balaban J connectivity index is 2.12. The maximum Gasteiger partial charge on any atom is 0.328 e.